The van der Waals surface area contributed by atoms with Gasteiger partial charge >= 0.3 is 0 Å². The number of ether oxygens (including phenoxy) is 1. The zero-order valence-electron chi connectivity index (χ0n) is 16.6. The molecule has 0 atom stereocenters. The van der Waals surface area contributed by atoms with Crippen molar-refractivity contribution in [3.05, 3.63) is 93.0 Å². The van der Waals surface area contributed by atoms with Gasteiger partial charge in [0.25, 0.3) is 0 Å². The van der Waals surface area contributed by atoms with E-state index in [9.17, 15) is 22.0 Å². The zero-order valence-corrected chi connectivity index (χ0v) is 17.4. The highest BCUT2D eigenvalue weighted by Gasteiger charge is 2.22. The van der Waals surface area contributed by atoms with Crippen LogP contribution < -0.4 is 10.2 Å². The smallest absolute Gasteiger partial charge is 0.227 e. The molecule has 1 aromatic heterocycles. The second kappa shape index (κ2) is 8.24. The predicted octanol–water partition coefficient (Wildman–Crippen LogP) is 3.42. The third-order valence-corrected chi connectivity index (χ3v) is 6.14. The summed E-state index contributed by atoms with van der Waals surface area (Å²) in [5.74, 6) is -1.31. The van der Waals surface area contributed by atoms with Gasteiger partial charge in [-0.1, -0.05) is 12.1 Å². The Morgan fingerprint density at radius 3 is 2.19 bits per heavy atom. The highest BCUT2D eigenvalue weighted by molar-refractivity contribution is 7.90. The van der Waals surface area contributed by atoms with Crippen LogP contribution >= 0.6 is 0 Å². The molecule has 6 nitrogen and oxygen atoms in total. The molecule has 0 unspecified atom stereocenters. The molecule has 162 valence electrons. The van der Waals surface area contributed by atoms with E-state index in [1.165, 1.54) is 36.6 Å². The Kier molecular flexibility index (Phi) is 5.63. The molecule has 0 saturated heterocycles. The molecule has 0 radical (unpaired) electrons. The van der Waals surface area contributed by atoms with Crippen LogP contribution in [0.5, 0.6) is 5.75 Å². The van der Waals surface area contributed by atoms with Gasteiger partial charge < -0.3 is 9.15 Å². The maximum Gasteiger partial charge on any atom is 0.227 e. The molecule has 0 bridgehead atoms. The average Bonchev–Trinajstić information content (AvgIpc) is 3.08. The number of halogens is 2. The molecule has 9 heteroatoms. The Balaban J connectivity index is 1.38. The molecule has 2 heterocycles. The van der Waals surface area contributed by atoms with E-state index < -0.39 is 21.5 Å². The van der Waals surface area contributed by atoms with E-state index in [1.807, 2.05) is 4.90 Å². The molecule has 0 saturated carbocycles. The van der Waals surface area contributed by atoms with Crippen molar-refractivity contribution in [3.63, 3.8) is 0 Å². The summed E-state index contributed by atoms with van der Waals surface area (Å²) in [4.78, 5) is 14.5. The molecule has 4 rings (SSSR count). The molecule has 1 aliphatic rings. The lowest BCUT2D eigenvalue weighted by Gasteiger charge is -2.14. The number of fused-ring (bicyclic) bond motifs is 1. The topological polar surface area (TPSA) is 76.8 Å². The summed E-state index contributed by atoms with van der Waals surface area (Å²) < 4.78 is 60.8. The quantitative estimate of drug-likeness (QED) is 0.576. The SMILES string of the molecule is CS(=O)(=O)c1ccc(COc2coc(CN3Cc4cc(F)c(F)cc4C3)cc2=O)cc1. The highest BCUT2D eigenvalue weighted by atomic mass is 32.2. The summed E-state index contributed by atoms with van der Waals surface area (Å²) in [6.07, 6.45) is 2.35. The fourth-order valence-electron chi connectivity index (χ4n) is 3.41. The third-order valence-electron chi connectivity index (χ3n) is 5.01. The number of nitrogens with zero attached hydrogens (tertiary/aromatic N) is 1. The third kappa shape index (κ3) is 4.83. The van der Waals surface area contributed by atoms with E-state index in [0.717, 1.165) is 6.26 Å². The molecular formula is C22H19F2NO5S. The van der Waals surface area contributed by atoms with Crippen LogP contribution in [-0.4, -0.2) is 19.6 Å². The lowest BCUT2D eigenvalue weighted by Crippen LogP contribution is -2.17. The van der Waals surface area contributed by atoms with Crippen molar-refractivity contribution in [1.82, 2.24) is 4.90 Å². The summed E-state index contributed by atoms with van der Waals surface area (Å²) in [5, 5.41) is 0. The van der Waals surface area contributed by atoms with E-state index in [-0.39, 0.29) is 22.7 Å². The monoisotopic (exact) mass is 447 g/mol. The molecule has 0 spiro atoms. The van der Waals surface area contributed by atoms with Gasteiger partial charge in [-0.2, -0.15) is 0 Å². The number of benzene rings is 2. The number of sulfone groups is 1. The minimum absolute atomic E-state index is 0.0322. The van der Waals surface area contributed by atoms with Crippen LogP contribution in [0.1, 0.15) is 22.5 Å². The standard InChI is InChI=1S/C22H19F2NO5S/c1-31(27,28)18-4-2-14(3-5-18)12-30-22-13-29-17(8-21(22)26)11-25-9-15-6-19(23)20(24)7-16(15)10-25/h2-8,13H,9-12H2,1H3. The zero-order chi connectivity index (χ0) is 22.2. The molecular weight excluding hydrogens is 428 g/mol. The molecule has 3 aromatic rings. The Hall–Kier alpha value is -3.04. The molecule has 0 amide bonds. The van der Waals surface area contributed by atoms with Crippen LogP contribution in [0.15, 0.2) is 62.8 Å². The van der Waals surface area contributed by atoms with Crippen LogP contribution in [-0.2, 0) is 36.1 Å². The first-order chi connectivity index (χ1) is 14.7. The van der Waals surface area contributed by atoms with Gasteiger partial charge in [0.1, 0.15) is 18.6 Å². The maximum absolute atomic E-state index is 13.4. The first-order valence-electron chi connectivity index (χ1n) is 9.42. The van der Waals surface area contributed by atoms with Gasteiger partial charge in [0.05, 0.1) is 11.4 Å². The van der Waals surface area contributed by atoms with E-state index in [0.29, 0.717) is 42.1 Å². The van der Waals surface area contributed by atoms with Crippen LogP contribution in [0, 0.1) is 11.6 Å². The van der Waals surface area contributed by atoms with Crippen LogP contribution in [0.4, 0.5) is 8.78 Å². The van der Waals surface area contributed by atoms with E-state index in [1.54, 1.807) is 12.1 Å². The lowest BCUT2D eigenvalue weighted by atomic mass is 10.1. The van der Waals surface area contributed by atoms with Crippen molar-refractivity contribution in [2.45, 2.75) is 31.1 Å². The summed E-state index contributed by atoms with van der Waals surface area (Å²) >= 11 is 0. The number of hydrogen-bond donors (Lipinski definition) is 0. The van der Waals surface area contributed by atoms with Crippen LogP contribution in [0.2, 0.25) is 0 Å². The summed E-state index contributed by atoms with van der Waals surface area (Å²) in [5.41, 5.74) is 1.76. The van der Waals surface area contributed by atoms with Crippen molar-refractivity contribution in [2.75, 3.05) is 6.26 Å². The predicted molar refractivity (Wildman–Crippen MR) is 108 cm³/mol. The van der Waals surface area contributed by atoms with Gasteiger partial charge in [0, 0.05) is 25.4 Å². The Labute approximate surface area is 177 Å². The molecule has 0 fully saturated rings. The fourth-order valence-corrected chi connectivity index (χ4v) is 4.04. The van der Waals surface area contributed by atoms with Gasteiger partial charge in [-0.15, -0.1) is 0 Å². The first-order valence-corrected chi connectivity index (χ1v) is 11.3. The summed E-state index contributed by atoms with van der Waals surface area (Å²) in [7, 11) is -3.28. The Morgan fingerprint density at radius 2 is 1.65 bits per heavy atom. The molecule has 31 heavy (non-hydrogen) atoms. The Morgan fingerprint density at radius 1 is 1.03 bits per heavy atom. The average molecular weight is 447 g/mol. The molecule has 2 aromatic carbocycles. The highest BCUT2D eigenvalue weighted by Crippen LogP contribution is 2.26. The van der Waals surface area contributed by atoms with Gasteiger partial charge in [0.2, 0.25) is 11.2 Å². The van der Waals surface area contributed by atoms with Crippen molar-refractivity contribution in [2.24, 2.45) is 0 Å². The van der Waals surface area contributed by atoms with Gasteiger partial charge in [-0.05, 0) is 41.0 Å². The Bertz CT molecular complexity index is 1260. The van der Waals surface area contributed by atoms with Crippen molar-refractivity contribution in [3.8, 4) is 5.75 Å². The molecule has 0 N–H and O–H groups in total. The van der Waals surface area contributed by atoms with E-state index in [4.69, 9.17) is 9.15 Å². The van der Waals surface area contributed by atoms with Gasteiger partial charge in [-0.25, -0.2) is 17.2 Å². The van der Waals surface area contributed by atoms with E-state index in [2.05, 4.69) is 0 Å². The molecule has 0 aliphatic carbocycles. The van der Waals surface area contributed by atoms with Crippen LogP contribution in [0.3, 0.4) is 0 Å². The maximum atomic E-state index is 13.4. The second-order valence-electron chi connectivity index (χ2n) is 7.46. The summed E-state index contributed by atoms with van der Waals surface area (Å²) in [6, 6.07) is 9.90. The van der Waals surface area contributed by atoms with E-state index >= 15 is 0 Å². The van der Waals surface area contributed by atoms with Gasteiger partial charge in [-0.3, -0.25) is 9.69 Å². The minimum Gasteiger partial charge on any atom is -0.482 e. The normalized spacial score (nSPS) is 13.9. The van der Waals surface area contributed by atoms with Crippen molar-refractivity contribution >= 4 is 9.84 Å². The summed E-state index contributed by atoms with van der Waals surface area (Å²) in [6.45, 7) is 1.24. The van der Waals surface area contributed by atoms with Crippen molar-refractivity contribution in [1.29, 1.82) is 0 Å². The minimum atomic E-state index is -3.28. The van der Waals surface area contributed by atoms with Gasteiger partial charge in [0.15, 0.2) is 21.5 Å². The van der Waals surface area contributed by atoms with Crippen molar-refractivity contribution < 1.29 is 26.4 Å². The molecule has 1 aliphatic heterocycles. The largest absolute Gasteiger partial charge is 0.482 e. The second-order valence-corrected chi connectivity index (χ2v) is 9.48. The number of rotatable bonds is 6. The van der Waals surface area contributed by atoms with Crippen LogP contribution in [0.25, 0.3) is 0 Å². The first kappa shape index (κ1) is 21.2. The number of hydrogen-bond acceptors (Lipinski definition) is 6. The fraction of sp³-hybridized carbons (Fsp3) is 0.227. The lowest BCUT2D eigenvalue weighted by molar-refractivity contribution is 0.241.